The summed E-state index contributed by atoms with van der Waals surface area (Å²) < 4.78 is 1.16. The Balaban J connectivity index is 2.27. The number of aliphatic hydroxyl groups is 1. The topological polar surface area (TPSA) is 32.3 Å². The van der Waals surface area contributed by atoms with E-state index in [1.165, 1.54) is 4.88 Å². The van der Waals surface area contributed by atoms with Crippen molar-refractivity contribution in [3.05, 3.63) is 20.8 Å². The second kappa shape index (κ2) is 5.99. The molecule has 0 aliphatic rings. The lowest BCUT2D eigenvalue weighted by atomic mass is 10.0. The van der Waals surface area contributed by atoms with Crippen molar-refractivity contribution in [1.29, 1.82) is 0 Å². The van der Waals surface area contributed by atoms with E-state index in [-0.39, 0.29) is 12.1 Å². The standard InChI is InChI=1S/C11H18BrNOS/c1-11(2,4-6-14)13-5-3-10-7-9(12)8-15-10/h7-8,13-14H,3-6H2,1-2H3. The molecule has 0 aliphatic heterocycles. The lowest BCUT2D eigenvalue weighted by Crippen LogP contribution is -2.41. The fourth-order valence-electron chi connectivity index (χ4n) is 1.38. The molecular weight excluding hydrogens is 274 g/mol. The number of halogens is 1. The summed E-state index contributed by atoms with van der Waals surface area (Å²) in [5.74, 6) is 0. The van der Waals surface area contributed by atoms with Crippen molar-refractivity contribution in [3.8, 4) is 0 Å². The third kappa shape index (κ3) is 5.11. The van der Waals surface area contributed by atoms with Crippen LogP contribution in [0.2, 0.25) is 0 Å². The molecule has 15 heavy (non-hydrogen) atoms. The molecule has 2 nitrogen and oxygen atoms in total. The van der Waals surface area contributed by atoms with E-state index in [1.807, 2.05) is 0 Å². The molecule has 0 bridgehead atoms. The van der Waals surface area contributed by atoms with Crippen molar-refractivity contribution in [2.24, 2.45) is 0 Å². The largest absolute Gasteiger partial charge is 0.396 e. The fourth-order valence-corrected chi connectivity index (χ4v) is 2.83. The lowest BCUT2D eigenvalue weighted by Gasteiger charge is -2.25. The van der Waals surface area contributed by atoms with Crippen molar-refractivity contribution in [2.45, 2.75) is 32.2 Å². The van der Waals surface area contributed by atoms with Gasteiger partial charge in [0.05, 0.1) is 0 Å². The van der Waals surface area contributed by atoms with Crippen LogP contribution in [0.15, 0.2) is 15.9 Å². The van der Waals surface area contributed by atoms with Crippen LogP contribution in [0.4, 0.5) is 0 Å². The highest BCUT2D eigenvalue weighted by atomic mass is 79.9. The van der Waals surface area contributed by atoms with Crippen LogP contribution in [-0.4, -0.2) is 23.8 Å². The molecule has 1 aromatic heterocycles. The van der Waals surface area contributed by atoms with Crippen LogP contribution in [0.1, 0.15) is 25.1 Å². The Morgan fingerprint density at radius 3 is 2.80 bits per heavy atom. The zero-order valence-electron chi connectivity index (χ0n) is 9.22. The van der Waals surface area contributed by atoms with Crippen LogP contribution in [0.25, 0.3) is 0 Å². The highest BCUT2D eigenvalue weighted by Crippen LogP contribution is 2.20. The summed E-state index contributed by atoms with van der Waals surface area (Å²) in [6.45, 7) is 5.44. The Bertz CT molecular complexity index is 299. The van der Waals surface area contributed by atoms with Gasteiger partial charge in [0.1, 0.15) is 0 Å². The number of hydrogen-bond donors (Lipinski definition) is 2. The van der Waals surface area contributed by atoms with E-state index < -0.39 is 0 Å². The number of hydrogen-bond acceptors (Lipinski definition) is 3. The number of rotatable bonds is 6. The quantitative estimate of drug-likeness (QED) is 0.845. The van der Waals surface area contributed by atoms with Gasteiger partial charge in [-0.1, -0.05) is 0 Å². The van der Waals surface area contributed by atoms with E-state index in [2.05, 4.69) is 46.5 Å². The summed E-state index contributed by atoms with van der Waals surface area (Å²) in [5, 5.41) is 14.4. The average molecular weight is 292 g/mol. The number of nitrogens with one attached hydrogen (secondary N) is 1. The normalized spacial score (nSPS) is 12.0. The van der Waals surface area contributed by atoms with Gasteiger partial charge in [-0.15, -0.1) is 11.3 Å². The molecule has 0 saturated carbocycles. The molecule has 0 saturated heterocycles. The summed E-state index contributed by atoms with van der Waals surface area (Å²) >= 11 is 5.22. The third-order valence-corrected chi connectivity index (χ3v) is 4.09. The van der Waals surface area contributed by atoms with Gasteiger partial charge in [-0.25, -0.2) is 0 Å². The van der Waals surface area contributed by atoms with Crippen molar-refractivity contribution in [3.63, 3.8) is 0 Å². The predicted molar refractivity (Wildman–Crippen MR) is 69.5 cm³/mol. The van der Waals surface area contributed by atoms with Crippen molar-refractivity contribution >= 4 is 27.3 Å². The smallest absolute Gasteiger partial charge is 0.0448 e. The van der Waals surface area contributed by atoms with Gasteiger partial charge in [-0.3, -0.25) is 0 Å². The minimum Gasteiger partial charge on any atom is -0.396 e. The average Bonchev–Trinajstić information content (AvgIpc) is 2.51. The monoisotopic (exact) mass is 291 g/mol. The molecule has 4 heteroatoms. The van der Waals surface area contributed by atoms with Crippen LogP contribution >= 0.6 is 27.3 Å². The van der Waals surface area contributed by atoms with Gasteiger partial charge >= 0.3 is 0 Å². The SMILES string of the molecule is CC(C)(CCO)NCCc1cc(Br)cs1. The van der Waals surface area contributed by atoms with Crippen LogP contribution in [-0.2, 0) is 6.42 Å². The molecular formula is C11H18BrNOS. The maximum absolute atomic E-state index is 8.88. The molecule has 1 aromatic rings. The number of thiophene rings is 1. The van der Waals surface area contributed by atoms with Gasteiger partial charge in [0.2, 0.25) is 0 Å². The summed E-state index contributed by atoms with van der Waals surface area (Å²) in [6.07, 6.45) is 1.84. The molecule has 0 atom stereocenters. The molecule has 1 heterocycles. The molecule has 0 radical (unpaired) electrons. The Kier molecular flexibility index (Phi) is 5.26. The van der Waals surface area contributed by atoms with Crippen LogP contribution in [0, 0.1) is 0 Å². The van der Waals surface area contributed by atoms with E-state index in [4.69, 9.17) is 5.11 Å². The van der Waals surface area contributed by atoms with Gasteiger partial charge in [0, 0.05) is 33.4 Å². The first-order valence-electron chi connectivity index (χ1n) is 5.12. The van der Waals surface area contributed by atoms with Gasteiger partial charge in [0.15, 0.2) is 0 Å². The summed E-state index contributed by atoms with van der Waals surface area (Å²) in [4.78, 5) is 1.38. The van der Waals surface area contributed by atoms with Crippen LogP contribution in [0.5, 0.6) is 0 Å². The minimum absolute atomic E-state index is 0.0310. The molecule has 0 spiro atoms. The zero-order valence-corrected chi connectivity index (χ0v) is 11.6. The first-order valence-corrected chi connectivity index (χ1v) is 6.79. The second-order valence-electron chi connectivity index (χ2n) is 4.27. The molecule has 86 valence electrons. The molecule has 0 aromatic carbocycles. The molecule has 1 rings (SSSR count). The van der Waals surface area contributed by atoms with E-state index in [0.717, 1.165) is 23.9 Å². The first kappa shape index (κ1) is 13.2. The van der Waals surface area contributed by atoms with Crippen molar-refractivity contribution in [2.75, 3.05) is 13.2 Å². The van der Waals surface area contributed by atoms with Crippen LogP contribution in [0.3, 0.4) is 0 Å². The molecule has 0 fully saturated rings. The summed E-state index contributed by atoms with van der Waals surface area (Å²) in [7, 11) is 0. The Morgan fingerprint density at radius 1 is 1.53 bits per heavy atom. The third-order valence-electron chi connectivity index (χ3n) is 2.33. The van der Waals surface area contributed by atoms with E-state index in [1.54, 1.807) is 11.3 Å². The van der Waals surface area contributed by atoms with Gasteiger partial charge in [-0.2, -0.15) is 0 Å². The first-order chi connectivity index (χ1) is 7.03. The van der Waals surface area contributed by atoms with E-state index in [0.29, 0.717) is 0 Å². The summed E-state index contributed by atoms with van der Waals surface area (Å²) in [5.41, 5.74) is 0.0310. The Hall–Kier alpha value is 0.1000. The number of aliphatic hydroxyl groups excluding tert-OH is 1. The van der Waals surface area contributed by atoms with E-state index in [9.17, 15) is 0 Å². The van der Waals surface area contributed by atoms with Gasteiger partial charge in [-0.05, 0) is 48.7 Å². The van der Waals surface area contributed by atoms with Crippen molar-refractivity contribution in [1.82, 2.24) is 5.32 Å². The predicted octanol–water partition coefficient (Wildman–Crippen LogP) is 2.80. The maximum atomic E-state index is 8.88. The van der Waals surface area contributed by atoms with E-state index >= 15 is 0 Å². The zero-order chi connectivity index (χ0) is 11.3. The molecule has 0 amide bonds. The molecule has 0 aliphatic carbocycles. The molecule has 2 N–H and O–H groups in total. The van der Waals surface area contributed by atoms with Crippen molar-refractivity contribution < 1.29 is 5.11 Å². The second-order valence-corrected chi connectivity index (χ2v) is 6.18. The Labute approximate surface area is 104 Å². The fraction of sp³-hybridized carbons (Fsp3) is 0.636. The summed E-state index contributed by atoms with van der Waals surface area (Å²) in [6, 6.07) is 2.16. The highest BCUT2D eigenvalue weighted by Gasteiger charge is 2.15. The maximum Gasteiger partial charge on any atom is 0.0448 e. The van der Waals surface area contributed by atoms with Gasteiger partial charge < -0.3 is 10.4 Å². The highest BCUT2D eigenvalue weighted by molar-refractivity contribution is 9.10. The Morgan fingerprint density at radius 2 is 2.27 bits per heavy atom. The molecule has 0 unspecified atom stereocenters. The van der Waals surface area contributed by atoms with Crippen LogP contribution < -0.4 is 5.32 Å². The van der Waals surface area contributed by atoms with Gasteiger partial charge in [0.25, 0.3) is 0 Å². The minimum atomic E-state index is 0.0310. The lowest BCUT2D eigenvalue weighted by molar-refractivity contribution is 0.232.